The molecular formula is C30H41N3O10. The number of carbonyl (C=O) groups excluding carboxylic acids is 3. The number of piperidine rings is 1. The van der Waals surface area contributed by atoms with Crippen LogP contribution < -0.4 is 20.5 Å². The van der Waals surface area contributed by atoms with Crippen molar-refractivity contribution in [1.82, 2.24) is 10.2 Å². The van der Waals surface area contributed by atoms with Crippen LogP contribution in [0.4, 0.5) is 0 Å². The Labute approximate surface area is 250 Å². The minimum atomic E-state index is -1.25. The SMILES string of the molecule is C.COc1ccc2c3c1O[C@H]1C(OC(=O)[C@H](C)OC(=O)CCNC(=O)[C@@H](N)CCC(=O)O)=CC[C@@]4(O)[C@@H](C2)N(C)CC[C@]314. The number of nitrogens with two attached hydrogens (primary N) is 1. The number of carbonyl (C=O) groups is 4. The first-order chi connectivity index (χ1) is 19.9. The van der Waals surface area contributed by atoms with E-state index in [0.29, 0.717) is 24.3 Å². The molecule has 5 rings (SSSR count). The largest absolute Gasteiger partial charge is 0.493 e. The zero-order valence-electron chi connectivity index (χ0n) is 23.9. The summed E-state index contributed by atoms with van der Waals surface area (Å²) in [5, 5.41) is 23.4. The maximum atomic E-state index is 13.1. The van der Waals surface area contributed by atoms with Gasteiger partial charge >= 0.3 is 17.9 Å². The van der Waals surface area contributed by atoms with Gasteiger partial charge in [0, 0.05) is 31.0 Å². The predicted octanol–water partition coefficient (Wildman–Crippen LogP) is 0.782. The Morgan fingerprint density at radius 1 is 1.26 bits per heavy atom. The topological polar surface area (TPSA) is 187 Å². The van der Waals surface area contributed by atoms with Crippen molar-refractivity contribution in [1.29, 1.82) is 0 Å². The van der Waals surface area contributed by atoms with Crippen LogP contribution in [0.3, 0.4) is 0 Å². The van der Waals surface area contributed by atoms with Crippen LogP contribution in [-0.4, -0.2) is 96.1 Å². The highest BCUT2D eigenvalue weighted by Crippen LogP contribution is 2.65. The molecular weight excluding hydrogens is 562 g/mol. The maximum Gasteiger partial charge on any atom is 0.352 e. The maximum absolute atomic E-state index is 13.1. The number of rotatable bonds is 11. The second kappa shape index (κ2) is 12.1. The Hall–Kier alpha value is -3.68. The third kappa shape index (κ3) is 5.34. The summed E-state index contributed by atoms with van der Waals surface area (Å²) in [6, 6.07) is 2.70. The number of likely N-dealkylation sites (N-methyl/N-ethyl adjacent to an activating group) is 1. The molecule has 2 heterocycles. The monoisotopic (exact) mass is 603 g/mol. The number of benzene rings is 1. The second-order valence-electron chi connectivity index (χ2n) is 11.4. The van der Waals surface area contributed by atoms with Crippen molar-refractivity contribution >= 4 is 23.8 Å². The molecule has 5 N–H and O–H groups in total. The molecule has 1 aromatic rings. The fraction of sp³-hybridized carbons (Fsp3) is 0.600. The van der Waals surface area contributed by atoms with Gasteiger partial charge in [-0.1, -0.05) is 13.5 Å². The molecule has 0 saturated carbocycles. The molecule has 1 amide bonds. The average molecular weight is 604 g/mol. The van der Waals surface area contributed by atoms with Crippen molar-refractivity contribution in [2.75, 3.05) is 27.2 Å². The van der Waals surface area contributed by atoms with E-state index in [1.54, 1.807) is 13.2 Å². The van der Waals surface area contributed by atoms with Crippen LogP contribution in [0.1, 0.15) is 57.6 Å². The first kappa shape index (κ1) is 32.2. The summed E-state index contributed by atoms with van der Waals surface area (Å²) in [7, 11) is 3.56. The van der Waals surface area contributed by atoms with Gasteiger partial charge in [-0.3, -0.25) is 14.4 Å². The van der Waals surface area contributed by atoms with E-state index < -0.39 is 53.1 Å². The van der Waals surface area contributed by atoms with E-state index in [9.17, 15) is 24.3 Å². The van der Waals surface area contributed by atoms with E-state index in [1.807, 2.05) is 19.2 Å². The van der Waals surface area contributed by atoms with Crippen LogP contribution in [0.25, 0.3) is 0 Å². The predicted molar refractivity (Wildman–Crippen MR) is 152 cm³/mol. The molecule has 0 aromatic heterocycles. The molecule has 2 bridgehead atoms. The number of nitrogens with zero attached hydrogens (tertiary/aromatic N) is 1. The molecule has 1 fully saturated rings. The first-order valence-corrected chi connectivity index (χ1v) is 14.1. The Bertz CT molecular complexity index is 1330. The molecule has 13 nitrogen and oxygen atoms in total. The summed E-state index contributed by atoms with van der Waals surface area (Å²) in [6.07, 6.45) is 0.632. The molecule has 1 aromatic carbocycles. The van der Waals surface area contributed by atoms with Crippen LogP contribution in [-0.2, 0) is 40.5 Å². The summed E-state index contributed by atoms with van der Waals surface area (Å²) < 4.78 is 23.1. The van der Waals surface area contributed by atoms with Gasteiger partial charge in [0.25, 0.3) is 0 Å². The molecule has 13 heteroatoms. The van der Waals surface area contributed by atoms with Gasteiger partial charge in [0.1, 0.15) is 5.76 Å². The fourth-order valence-corrected chi connectivity index (χ4v) is 6.92. The number of carboxylic acid groups (broad SMARTS) is 1. The molecule has 6 atom stereocenters. The average Bonchev–Trinajstić information content (AvgIpc) is 3.30. The van der Waals surface area contributed by atoms with Crippen molar-refractivity contribution in [3.8, 4) is 11.5 Å². The normalized spacial score (nSPS) is 27.7. The van der Waals surface area contributed by atoms with Crippen molar-refractivity contribution in [3.63, 3.8) is 0 Å². The van der Waals surface area contributed by atoms with Gasteiger partial charge < -0.3 is 45.1 Å². The van der Waals surface area contributed by atoms with E-state index in [0.717, 1.165) is 17.7 Å². The molecule has 0 unspecified atom stereocenters. The van der Waals surface area contributed by atoms with Crippen LogP contribution in [0.15, 0.2) is 24.0 Å². The number of methoxy groups -OCH3 is 1. The summed E-state index contributed by atoms with van der Waals surface area (Å²) in [5.74, 6) is -1.85. The number of amides is 1. The van der Waals surface area contributed by atoms with Crippen molar-refractivity contribution in [3.05, 3.63) is 35.1 Å². The Balaban J connectivity index is 0.00000423. The molecule has 4 aliphatic rings. The van der Waals surface area contributed by atoms with Crippen molar-refractivity contribution < 1.29 is 48.3 Å². The smallest absolute Gasteiger partial charge is 0.352 e. The third-order valence-corrected chi connectivity index (χ3v) is 9.05. The second-order valence-corrected chi connectivity index (χ2v) is 11.4. The lowest BCUT2D eigenvalue weighted by molar-refractivity contribution is -0.175. The molecule has 0 radical (unpaired) electrons. The zero-order valence-corrected chi connectivity index (χ0v) is 23.9. The van der Waals surface area contributed by atoms with E-state index in [1.165, 1.54) is 6.92 Å². The molecule has 2 aliphatic heterocycles. The van der Waals surface area contributed by atoms with Gasteiger partial charge in [-0.15, -0.1) is 0 Å². The summed E-state index contributed by atoms with van der Waals surface area (Å²) in [5.41, 5.74) is 5.63. The molecule has 236 valence electrons. The number of likely N-dealkylation sites (tertiary alicyclic amines) is 1. The van der Waals surface area contributed by atoms with E-state index >= 15 is 0 Å². The van der Waals surface area contributed by atoms with Crippen molar-refractivity contribution in [2.45, 2.75) is 88.2 Å². The van der Waals surface area contributed by atoms with Gasteiger partial charge in [0.15, 0.2) is 23.7 Å². The lowest BCUT2D eigenvalue weighted by atomic mass is 9.50. The number of aliphatic hydroxyl groups is 1. The number of aliphatic carboxylic acids is 1. The summed E-state index contributed by atoms with van der Waals surface area (Å²) in [6.45, 7) is 2.01. The van der Waals surface area contributed by atoms with Crippen LogP contribution in [0, 0.1) is 0 Å². The minimum Gasteiger partial charge on any atom is -0.493 e. The number of hydrogen-bond acceptors (Lipinski definition) is 11. The van der Waals surface area contributed by atoms with Gasteiger partial charge in [-0.25, -0.2) is 4.79 Å². The van der Waals surface area contributed by atoms with Crippen LogP contribution in [0.2, 0.25) is 0 Å². The highest BCUT2D eigenvalue weighted by Gasteiger charge is 2.72. The number of esters is 2. The van der Waals surface area contributed by atoms with E-state index in [2.05, 4.69) is 10.2 Å². The van der Waals surface area contributed by atoms with Gasteiger partial charge in [0.05, 0.1) is 30.6 Å². The number of nitrogens with one attached hydrogen (secondary N) is 1. The number of ether oxygens (including phenoxy) is 4. The quantitative estimate of drug-likeness (QED) is 0.261. The minimum absolute atomic E-state index is 0. The van der Waals surface area contributed by atoms with E-state index in [-0.39, 0.29) is 51.5 Å². The Morgan fingerprint density at radius 2 is 2.00 bits per heavy atom. The first-order valence-electron chi connectivity index (χ1n) is 14.1. The van der Waals surface area contributed by atoms with Crippen molar-refractivity contribution in [2.24, 2.45) is 5.73 Å². The Kier molecular flexibility index (Phi) is 9.10. The summed E-state index contributed by atoms with van der Waals surface area (Å²) >= 11 is 0. The summed E-state index contributed by atoms with van der Waals surface area (Å²) in [4.78, 5) is 50.2. The lowest BCUT2D eigenvalue weighted by Crippen LogP contribution is -2.74. The third-order valence-electron chi connectivity index (χ3n) is 9.05. The zero-order chi connectivity index (χ0) is 30.4. The highest BCUT2D eigenvalue weighted by molar-refractivity contribution is 5.83. The fourth-order valence-electron chi connectivity index (χ4n) is 6.92. The van der Waals surface area contributed by atoms with Gasteiger partial charge in [-0.2, -0.15) is 0 Å². The van der Waals surface area contributed by atoms with Gasteiger partial charge in [0.2, 0.25) is 5.91 Å². The van der Waals surface area contributed by atoms with Crippen LogP contribution >= 0.6 is 0 Å². The number of hydrogen-bond donors (Lipinski definition) is 4. The number of carboxylic acids is 1. The molecule has 1 spiro atoms. The van der Waals surface area contributed by atoms with Crippen LogP contribution in [0.5, 0.6) is 11.5 Å². The van der Waals surface area contributed by atoms with Gasteiger partial charge in [-0.05, 0) is 57.5 Å². The van der Waals surface area contributed by atoms with E-state index in [4.69, 9.17) is 29.8 Å². The molecule has 2 aliphatic carbocycles. The highest BCUT2D eigenvalue weighted by atomic mass is 16.6. The Morgan fingerprint density at radius 3 is 2.70 bits per heavy atom. The molecule has 1 saturated heterocycles. The lowest BCUT2D eigenvalue weighted by Gasteiger charge is -2.61. The standard InChI is InChI=1S/C29H37N3O10.CH4/c1-15(40-22(35)9-12-31-26(36)17(30)5-7-21(33)34)27(37)41-19-8-10-29(38)20-14-16-4-6-18(39-3)24-23(16)28(29,25(19)42-24)11-13-32(20)2;/h4,6,8,15,17,20,25,38H,5,7,9-14,30H2,1-3H3,(H,31,36)(H,33,34);1H4/t15-,17-,20+,25-,28-,29+;/m0./s1. The molecule has 43 heavy (non-hydrogen) atoms.